The van der Waals surface area contributed by atoms with Gasteiger partial charge in [0.15, 0.2) is 0 Å². The Morgan fingerprint density at radius 2 is 1.42 bits per heavy atom. The molecule has 4 N–H and O–H groups in total. The maximum atomic E-state index is 14.5. The number of amides is 5. The van der Waals surface area contributed by atoms with Crippen molar-refractivity contribution in [2.45, 2.75) is 137 Å². The van der Waals surface area contributed by atoms with Gasteiger partial charge in [-0.15, -0.1) is 11.8 Å². The zero-order valence-electron chi connectivity index (χ0n) is 51.5. The van der Waals surface area contributed by atoms with Gasteiger partial charge in [0.2, 0.25) is 11.8 Å². The van der Waals surface area contributed by atoms with E-state index >= 15 is 0 Å². The van der Waals surface area contributed by atoms with E-state index in [0.29, 0.717) is 53.3 Å². The van der Waals surface area contributed by atoms with Crippen LogP contribution in [0, 0.1) is 16.2 Å². The lowest BCUT2D eigenvalue weighted by atomic mass is 9.33. The SMILES string of the molecule is CC1(C)CCC(CN2CCN(c3ccc(C(=O)NS(=O)(=O)c4ccc(N[C@H](CCN5CCN(CCCCCCNc6cccc7c6C(=O)N(C6CCC(=O)NC6=O)C7=O)CC5)CSc5ccccc5)c(S(=O)(=O)C(F)(F)F)c4)cc3)CC2)=C(C23CC(C)(C2)C3)C1. The third-order valence-electron chi connectivity index (χ3n) is 19.5. The summed E-state index contributed by atoms with van der Waals surface area (Å²) in [5.74, 6) is -2.90. The average molecular weight is 1300 g/mol. The van der Waals surface area contributed by atoms with Crippen LogP contribution in [0.1, 0.15) is 135 Å². The number of hydrogen-bond acceptors (Lipinski definition) is 16. The van der Waals surface area contributed by atoms with Crippen LogP contribution in [-0.4, -0.2) is 168 Å². The summed E-state index contributed by atoms with van der Waals surface area (Å²) in [5, 5.41) is 8.58. The molecule has 4 heterocycles. The highest BCUT2D eigenvalue weighted by molar-refractivity contribution is 7.99. The Labute approximate surface area is 530 Å². The van der Waals surface area contributed by atoms with E-state index < -0.39 is 82.5 Å². The number of anilines is 3. The quantitative estimate of drug-likeness (QED) is 0.0210. The van der Waals surface area contributed by atoms with Crippen molar-refractivity contribution in [1.29, 1.82) is 0 Å². The van der Waals surface area contributed by atoms with Crippen LogP contribution in [0.25, 0.3) is 0 Å². The molecule has 24 heteroatoms. The number of fused-ring (bicyclic) bond motifs is 1. The van der Waals surface area contributed by atoms with E-state index in [9.17, 15) is 54.0 Å². The number of piperidine rings is 1. The molecule has 5 amide bonds. The number of halogens is 3. The Morgan fingerprint density at radius 1 is 0.744 bits per heavy atom. The molecule has 0 aromatic heterocycles. The number of hydrogen-bond donors (Lipinski definition) is 4. The molecule has 484 valence electrons. The molecule has 0 spiro atoms. The van der Waals surface area contributed by atoms with Gasteiger partial charge in [0.1, 0.15) is 10.9 Å². The first-order valence-corrected chi connectivity index (χ1v) is 35.5. The zero-order valence-corrected chi connectivity index (χ0v) is 53.9. The van der Waals surface area contributed by atoms with E-state index in [-0.39, 0.29) is 29.5 Å². The number of nitrogens with one attached hydrogen (secondary N) is 4. The maximum absolute atomic E-state index is 14.5. The summed E-state index contributed by atoms with van der Waals surface area (Å²) in [6.07, 6.45) is 11.7. The average Bonchev–Trinajstić information content (AvgIpc) is 0.812. The van der Waals surface area contributed by atoms with Gasteiger partial charge < -0.3 is 25.3 Å². The van der Waals surface area contributed by atoms with E-state index in [1.807, 2.05) is 35.1 Å². The van der Waals surface area contributed by atoms with Crippen molar-refractivity contribution in [1.82, 2.24) is 29.6 Å². The van der Waals surface area contributed by atoms with Gasteiger partial charge in [0.25, 0.3) is 37.6 Å². The van der Waals surface area contributed by atoms with Crippen LogP contribution in [0.4, 0.5) is 30.2 Å². The Hall–Kier alpha value is -6.31. The van der Waals surface area contributed by atoms with Crippen molar-refractivity contribution in [3.8, 4) is 0 Å². The predicted octanol–water partition coefficient (Wildman–Crippen LogP) is 9.57. The van der Waals surface area contributed by atoms with Crippen LogP contribution in [0.5, 0.6) is 0 Å². The van der Waals surface area contributed by atoms with Crippen LogP contribution in [0.3, 0.4) is 0 Å². The lowest BCUT2D eigenvalue weighted by Crippen LogP contribution is -2.61. The Balaban J connectivity index is 0.657. The van der Waals surface area contributed by atoms with Crippen LogP contribution in [0.2, 0.25) is 0 Å². The monoisotopic (exact) mass is 1300 g/mol. The highest BCUT2D eigenvalue weighted by Gasteiger charge is 2.67. The first kappa shape index (κ1) is 65.2. The van der Waals surface area contributed by atoms with Gasteiger partial charge in [0.05, 0.1) is 21.7 Å². The predicted molar refractivity (Wildman–Crippen MR) is 341 cm³/mol. The first-order chi connectivity index (χ1) is 42.8. The molecule has 2 bridgehead atoms. The number of sulfonamides is 1. The number of sulfone groups is 1. The number of unbranched alkanes of at least 4 members (excludes halogenated alkanes) is 3. The van der Waals surface area contributed by atoms with E-state index in [0.717, 1.165) is 125 Å². The molecular formula is C66H82F3N9O9S3. The normalized spacial score (nSPS) is 23.6. The third kappa shape index (κ3) is 14.3. The van der Waals surface area contributed by atoms with E-state index in [1.165, 1.54) is 56.0 Å². The summed E-state index contributed by atoms with van der Waals surface area (Å²) in [4.78, 5) is 73.6. The van der Waals surface area contributed by atoms with Crippen molar-refractivity contribution in [3.05, 3.63) is 119 Å². The minimum atomic E-state index is -6.12. The van der Waals surface area contributed by atoms with Crippen LogP contribution in [-0.2, 0) is 29.4 Å². The van der Waals surface area contributed by atoms with Crippen molar-refractivity contribution >= 4 is 78.2 Å². The van der Waals surface area contributed by atoms with Crippen LogP contribution in [0.15, 0.2) is 117 Å². The van der Waals surface area contributed by atoms with E-state index in [2.05, 4.69) is 56.3 Å². The van der Waals surface area contributed by atoms with Gasteiger partial charge in [-0.05, 0) is 154 Å². The van der Waals surface area contributed by atoms with E-state index in [4.69, 9.17) is 0 Å². The second-order valence-electron chi connectivity index (χ2n) is 26.8. The van der Waals surface area contributed by atoms with Crippen molar-refractivity contribution in [2.75, 3.05) is 99.8 Å². The summed E-state index contributed by atoms with van der Waals surface area (Å²) in [7, 11) is -11.0. The zero-order chi connectivity index (χ0) is 63.8. The van der Waals surface area contributed by atoms with Crippen molar-refractivity contribution in [2.24, 2.45) is 16.2 Å². The number of thioether (sulfide) groups is 1. The summed E-state index contributed by atoms with van der Waals surface area (Å²) >= 11 is 1.45. The molecule has 90 heavy (non-hydrogen) atoms. The molecular weight excluding hydrogens is 1220 g/mol. The number of allylic oxidation sites excluding steroid dienone is 1. The Morgan fingerprint density at radius 3 is 2.10 bits per heavy atom. The van der Waals surface area contributed by atoms with Gasteiger partial charge in [-0.25, -0.2) is 21.6 Å². The lowest BCUT2D eigenvalue weighted by Gasteiger charge is -2.72. The number of carbonyl (C=O) groups excluding carboxylic acids is 5. The molecule has 6 fully saturated rings. The number of benzene rings is 4. The minimum absolute atomic E-state index is 0.00148. The molecule has 12 rings (SSSR count). The van der Waals surface area contributed by atoms with Gasteiger partial charge >= 0.3 is 5.51 Å². The second-order valence-corrected chi connectivity index (χ2v) is 31.5. The number of alkyl halides is 3. The Kier molecular flexibility index (Phi) is 19.1. The topological polar surface area (TPSA) is 218 Å². The smallest absolute Gasteiger partial charge is 0.384 e. The molecule has 2 atom stereocenters. The summed E-state index contributed by atoms with van der Waals surface area (Å²) in [6, 6.07) is 21.7. The van der Waals surface area contributed by atoms with Gasteiger partial charge in [0, 0.05) is 112 Å². The molecule has 4 aliphatic heterocycles. The van der Waals surface area contributed by atoms with Gasteiger partial charge in [-0.3, -0.25) is 39.1 Å². The minimum Gasteiger partial charge on any atom is -0.384 e. The number of piperazine rings is 2. The lowest BCUT2D eigenvalue weighted by molar-refractivity contribution is -0.167. The number of rotatable bonds is 25. The third-order valence-corrected chi connectivity index (χ3v) is 23.5. The fourth-order valence-electron chi connectivity index (χ4n) is 14.7. The maximum Gasteiger partial charge on any atom is 0.501 e. The van der Waals surface area contributed by atoms with Crippen molar-refractivity contribution < 1.29 is 54.0 Å². The fourth-order valence-corrected chi connectivity index (χ4v) is 17.7. The first-order valence-electron chi connectivity index (χ1n) is 31.6. The highest BCUT2D eigenvalue weighted by Crippen LogP contribution is 2.77. The molecule has 1 unspecified atom stereocenters. The number of carbonyl (C=O) groups is 5. The van der Waals surface area contributed by atoms with Crippen LogP contribution >= 0.6 is 11.8 Å². The molecule has 4 aromatic rings. The molecule has 4 aliphatic carbocycles. The number of nitrogens with zero attached hydrogens (tertiary/aromatic N) is 5. The molecule has 3 saturated carbocycles. The molecule has 0 radical (unpaired) electrons. The van der Waals surface area contributed by atoms with Gasteiger partial charge in [-0.2, -0.15) is 13.2 Å². The molecule has 3 saturated heterocycles. The van der Waals surface area contributed by atoms with Crippen molar-refractivity contribution in [3.63, 3.8) is 0 Å². The summed E-state index contributed by atoms with van der Waals surface area (Å²) in [6.45, 7) is 16.6. The second kappa shape index (κ2) is 26.4. The van der Waals surface area contributed by atoms with E-state index in [1.54, 1.807) is 41.5 Å². The largest absolute Gasteiger partial charge is 0.501 e. The molecule has 4 aromatic carbocycles. The summed E-state index contributed by atoms with van der Waals surface area (Å²) < 4.78 is 99.9. The fraction of sp³-hybridized carbons (Fsp3) is 0.530. The highest BCUT2D eigenvalue weighted by atomic mass is 32.2. The standard InChI is InChI=1S/C66H82F3N9O9S3/c1-63(2)26-24-46(52(39-63)65-42-64(3,43-65)44-65)40-76-34-36-77(37-35-76)48-18-16-45(17-19-48)59(80)73-90(86,87)50-20-21-53(56(38-50)89(84,85)66(67,68)69)71-47(41-88-49-12-7-6-8-13-49)25-29-75-32-30-74(31-33-75)28-10-5-4-9-27-70-54-15-11-14-51-58(54)62(83)78(61(51)82)55-22-23-57(79)72-60(55)81/h6-8,11-21,38,47,55,70-71H,4-5,9-10,22-37,39-44H2,1-3H3,(H,73,80)(H,72,79,81)/t47-,55?,64?,65?/m1/s1. The summed E-state index contributed by atoms with van der Waals surface area (Å²) in [5.41, 5.74) is 0.325. The molecule has 8 aliphatic rings. The van der Waals surface area contributed by atoms with Gasteiger partial charge in [-0.1, -0.05) is 69.0 Å². The molecule has 18 nitrogen and oxygen atoms in total. The van der Waals surface area contributed by atoms with Crippen LogP contribution < -0.4 is 25.6 Å². The Bertz CT molecular complexity index is 3630. The number of imide groups is 2.